The SMILES string of the molecule is C=CS(=O)(=O)N(c1ccc(C(C)(C)C)cc1)C(C(=O)NCCCc1ccccc1)c1cccnc1. The Morgan fingerprint density at radius 1 is 1.06 bits per heavy atom. The third-order valence-corrected chi connectivity index (χ3v) is 7.13. The van der Waals surface area contributed by atoms with Gasteiger partial charge in [-0.15, -0.1) is 0 Å². The second-order valence-electron chi connectivity index (χ2n) is 9.37. The van der Waals surface area contributed by atoms with Crippen molar-refractivity contribution in [1.82, 2.24) is 10.3 Å². The molecule has 35 heavy (non-hydrogen) atoms. The number of pyridine rings is 1. The van der Waals surface area contributed by atoms with E-state index >= 15 is 0 Å². The standard InChI is InChI=1S/C28H33N3O3S/c1-5-35(33,34)31(25-17-15-24(16-18-25)28(2,3)4)26(23-14-10-19-29-21-23)27(32)30-20-9-13-22-11-7-6-8-12-22/h5-8,10-12,14-19,21,26H,1,9,13,20H2,2-4H3,(H,30,32). The Balaban J connectivity index is 1.92. The molecule has 1 atom stereocenters. The second kappa shape index (κ2) is 11.3. The lowest BCUT2D eigenvalue weighted by Crippen LogP contribution is -2.43. The van der Waals surface area contributed by atoms with Gasteiger partial charge in [-0.25, -0.2) is 12.7 Å². The Kier molecular flexibility index (Phi) is 8.46. The fourth-order valence-electron chi connectivity index (χ4n) is 3.81. The van der Waals surface area contributed by atoms with Crippen LogP contribution in [0.15, 0.2) is 91.1 Å². The van der Waals surface area contributed by atoms with Gasteiger partial charge in [0.2, 0.25) is 5.91 Å². The first-order valence-electron chi connectivity index (χ1n) is 11.6. The fraction of sp³-hybridized carbons (Fsp3) is 0.286. The summed E-state index contributed by atoms with van der Waals surface area (Å²) in [6, 6.07) is 19.5. The summed E-state index contributed by atoms with van der Waals surface area (Å²) < 4.78 is 27.6. The molecule has 0 spiro atoms. The normalized spacial score (nSPS) is 12.5. The summed E-state index contributed by atoms with van der Waals surface area (Å²) in [6.07, 6.45) is 4.64. The molecule has 1 heterocycles. The number of nitrogens with one attached hydrogen (secondary N) is 1. The molecule has 0 radical (unpaired) electrons. The largest absolute Gasteiger partial charge is 0.354 e. The molecule has 1 aromatic heterocycles. The average Bonchev–Trinajstić information content (AvgIpc) is 2.85. The summed E-state index contributed by atoms with van der Waals surface area (Å²) in [5.41, 5.74) is 2.99. The maximum Gasteiger partial charge on any atom is 0.257 e. The maximum absolute atomic E-state index is 13.5. The number of amides is 1. The van der Waals surface area contributed by atoms with Crippen molar-refractivity contribution >= 4 is 21.6 Å². The Bertz CT molecular complexity index is 1220. The van der Waals surface area contributed by atoms with Crippen LogP contribution in [0.2, 0.25) is 0 Å². The van der Waals surface area contributed by atoms with Crippen LogP contribution in [0.5, 0.6) is 0 Å². The van der Waals surface area contributed by atoms with Crippen LogP contribution in [-0.2, 0) is 26.7 Å². The van der Waals surface area contributed by atoms with Crippen molar-refractivity contribution in [2.75, 3.05) is 10.8 Å². The van der Waals surface area contributed by atoms with E-state index in [9.17, 15) is 13.2 Å². The van der Waals surface area contributed by atoms with E-state index in [0.717, 1.165) is 28.1 Å². The molecule has 1 unspecified atom stereocenters. The molecule has 0 fully saturated rings. The summed E-state index contributed by atoms with van der Waals surface area (Å²) >= 11 is 0. The lowest BCUT2D eigenvalue weighted by Gasteiger charge is -2.31. The number of carbonyl (C=O) groups excluding carboxylic acids is 1. The lowest BCUT2D eigenvalue weighted by molar-refractivity contribution is -0.122. The number of aromatic nitrogens is 1. The van der Waals surface area contributed by atoms with Crippen molar-refractivity contribution in [3.63, 3.8) is 0 Å². The molecule has 0 saturated heterocycles. The van der Waals surface area contributed by atoms with Crippen LogP contribution in [0, 0.1) is 0 Å². The molecule has 0 bridgehead atoms. The number of nitrogens with zero attached hydrogens (tertiary/aromatic N) is 2. The van der Waals surface area contributed by atoms with E-state index in [-0.39, 0.29) is 5.41 Å². The quantitative estimate of drug-likeness (QED) is 0.398. The molecule has 2 aromatic carbocycles. The van der Waals surface area contributed by atoms with Gasteiger partial charge < -0.3 is 5.32 Å². The molecule has 6 nitrogen and oxygen atoms in total. The fourth-order valence-corrected chi connectivity index (χ4v) is 4.90. The van der Waals surface area contributed by atoms with E-state index in [1.54, 1.807) is 30.5 Å². The van der Waals surface area contributed by atoms with Gasteiger partial charge in [0.25, 0.3) is 10.0 Å². The number of hydrogen-bond donors (Lipinski definition) is 1. The smallest absolute Gasteiger partial charge is 0.257 e. The monoisotopic (exact) mass is 491 g/mol. The number of benzene rings is 2. The predicted molar refractivity (Wildman–Crippen MR) is 141 cm³/mol. The number of carbonyl (C=O) groups is 1. The summed E-state index contributed by atoms with van der Waals surface area (Å²) in [4.78, 5) is 17.6. The van der Waals surface area contributed by atoms with Gasteiger partial charge in [-0.1, -0.05) is 75.9 Å². The van der Waals surface area contributed by atoms with E-state index in [1.165, 1.54) is 11.8 Å². The predicted octanol–water partition coefficient (Wildman–Crippen LogP) is 5.15. The Hall–Kier alpha value is -3.45. The lowest BCUT2D eigenvalue weighted by atomic mass is 9.87. The van der Waals surface area contributed by atoms with Gasteiger partial charge >= 0.3 is 0 Å². The van der Waals surface area contributed by atoms with Crippen LogP contribution in [0.3, 0.4) is 0 Å². The van der Waals surface area contributed by atoms with Crippen molar-refractivity contribution in [2.24, 2.45) is 0 Å². The minimum Gasteiger partial charge on any atom is -0.354 e. The zero-order chi connectivity index (χ0) is 25.5. The molecule has 0 aliphatic carbocycles. The second-order valence-corrected chi connectivity index (χ2v) is 11.1. The van der Waals surface area contributed by atoms with Crippen LogP contribution < -0.4 is 9.62 Å². The highest BCUT2D eigenvalue weighted by Crippen LogP contribution is 2.33. The van der Waals surface area contributed by atoms with Crippen molar-refractivity contribution in [1.29, 1.82) is 0 Å². The van der Waals surface area contributed by atoms with Crippen molar-refractivity contribution in [3.8, 4) is 0 Å². The number of aryl methyl sites for hydroxylation is 1. The number of rotatable bonds is 10. The van der Waals surface area contributed by atoms with Crippen molar-refractivity contribution in [3.05, 3.63) is 108 Å². The van der Waals surface area contributed by atoms with Gasteiger partial charge in [0.1, 0.15) is 0 Å². The highest BCUT2D eigenvalue weighted by molar-refractivity contribution is 7.95. The first-order valence-corrected chi connectivity index (χ1v) is 13.1. The summed E-state index contributed by atoms with van der Waals surface area (Å²) in [5.74, 6) is -0.420. The molecular formula is C28H33N3O3S. The zero-order valence-corrected chi connectivity index (χ0v) is 21.3. The Morgan fingerprint density at radius 2 is 1.74 bits per heavy atom. The molecule has 1 N–H and O–H groups in total. The summed E-state index contributed by atoms with van der Waals surface area (Å²) in [5, 5.41) is 3.80. The van der Waals surface area contributed by atoms with Crippen LogP contribution in [0.1, 0.15) is 49.9 Å². The van der Waals surface area contributed by atoms with Gasteiger partial charge in [0.15, 0.2) is 6.04 Å². The first kappa shape index (κ1) is 26.2. The summed E-state index contributed by atoms with van der Waals surface area (Å²) in [6.45, 7) is 10.2. The topological polar surface area (TPSA) is 79.4 Å². The van der Waals surface area contributed by atoms with Crippen LogP contribution in [0.25, 0.3) is 0 Å². The minimum absolute atomic E-state index is 0.0977. The van der Waals surface area contributed by atoms with Crippen molar-refractivity contribution in [2.45, 2.75) is 45.1 Å². The minimum atomic E-state index is -4.02. The molecular weight excluding hydrogens is 458 g/mol. The molecule has 3 aromatic rings. The van der Waals surface area contributed by atoms with E-state index in [4.69, 9.17) is 0 Å². The van der Waals surface area contributed by atoms with E-state index in [1.807, 2.05) is 42.5 Å². The van der Waals surface area contributed by atoms with Crippen LogP contribution in [0.4, 0.5) is 5.69 Å². The first-order chi connectivity index (χ1) is 16.6. The number of hydrogen-bond acceptors (Lipinski definition) is 4. The molecule has 0 saturated carbocycles. The molecule has 184 valence electrons. The molecule has 7 heteroatoms. The highest BCUT2D eigenvalue weighted by Gasteiger charge is 2.35. The Labute approximate surface area is 208 Å². The van der Waals surface area contributed by atoms with E-state index in [0.29, 0.717) is 17.8 Å². The Morgan fingerprint density at radius 3 is 2.31 bits per heavy atom. The van der Waals surface area contributed by atoms with Gasteiger partial charge in [-0.3, -0.25) is 9.78 Å². The van der Waals surface area contributed by atoms with Gasteiger partial charge in [-0.05, 0) is 47.6 Å². The molecule has 3 rings (SSSR count). The number of sulfonamides is 1. The maximum atomic E-state index is 13.5. The van der Waals surface area contributed by atoms with Crippen LogP contribution in [-0.4, -0.2) is 25.9 Å². The van der Waals surface area contributed by atoms with Gasteiger partial charge in [0, 0.05) is 29.9 Å². The molecule has 0 aliphatic heterocycles. The van der Waals surface area contributed by atoms with Gasteiger partial charge in [-0.2, -0.15) is 0 Å². The van der Waals surface area contributed by atoms with Gasteiger partial charge in [0.05, 0.1) is 5.69 Å². The number of anilines is 1. The van der Waals surface area contributed by atoms with E-state index in [2.05, 4.69) is 37.7 Å². The summed E-state index contributed by atoms with van der Waals surface area (Å²) in [7, 11) is -4.02. The van der Waals surface area contributed by atoms with Crippen molar-refractivity contribution < 1.29 is 13.2 Å². The zero-order valence-electron chi connectivity index (χ0n) is 20.5. The third-order valence-electron chi connectivity index (χ3n) is 5.74. The van der Waals surface area contributed by atoms with E-state index < -0.39 is 22.0 Å². The highest BCUT2D eigenvalue weighted by atomic mass is 32.2. The molecule has 1 amide bonds. The average molecular weight is 492 g/mol. The van der Waals surface area contributed by atoms with Crippen LogP contribution >= 0.6 is 0 Å². The molecule has 0 aliphatic rings. The third kappa shape index (κ3) is 6.79.